The second kappa shape index (κ2) is 7.26. The van der Waals surface area contributed by atoms with Crippen molar-refractivity contribution >= 4 is 0 Å². The molecule has 124 valence electrons. The van der Waals surface area contributed by atoms with E-state index < -0.39 is 37.1 Å². The summed E-state index contributed by atoms with van der Waals surface area (Å²) in [6, 6.07) is 5.25. The van der Waals surface area contributed by atoms with Gasteiger partial charge in [-0.2, -0.15) is 0 Å². The van der Waals surface area contributed by atoms with E-state index in [1.54, 1.807) is 18.2 Å². The lowest BCUT2D eigenvalue weighted by molar-refractivity contribution is -0.228. The Morgan fingerprint density at radius 1 is 0.909 bits per heavy atom. The van der Waals surface area contributed by atoms with Gasteiger partial charge in [0.25, 0.3) is 0 Å². The van der Waals surface area contributed by atoms with E-state index in [9.17, 15) is 20.4 Å². The number of hydrogen-bond acceptors (Lipinski definition) is 7. The lowest BCUT2D eigenvalue weighted by atomic mass is 9.91. The van der Waals surface area contributed by atoms with Crippen LogP contribution in [0.5, 0.6) is 11.5 Å². The molecule has 2 rings (SSSR count). The van der Waals surface area contributed by atoms with Crippen LogP contribution < -0.4 is 9.47 Å². The Morgan fingerprint density at radius 2 is 1.45 bits per heavy atom. The van der Waals surface area contributed by atoms with Crippen molar-refractivity contribution in [2.45, 2.75) is 36.9 Å². The summed E-state index contributed by atoms with van der Waals surface area (Å²) >= 11 is 0. The Morgan fingerprint density at radius 3 is 1.95 bits per heavy atom. The summed E-state index contributed by atoms with van der Waals surface area (Å²) in [5.41, 5.74) is 0.778. The number of rotatable bonds is 5. The van der Waals surface area contributed by atoms with Gasteiger partial charge in [0.05, 0.1) is 26.9 Å². The van der Waals surface area contributed by atoms with Gasteiger partial charge in [-0.1, -0.05) is 0 Å². The summed E-state index contributed by atoms with van der Waals surface area (Å²) < 4.78 is 15.9. The van der Waals surface area contributed by atoms with Crippen LogP contribution in [0.4, 0.5) is 0 Å². The molecule has 1 fully saturated rings. The maximum atomic E-state index is 10.1. The van der Waals surface area contributed by atoms with Crippen LogP contribution in [0.25, 0.3) is 0 Å². The summed E-state index contributed by atoms with van der Waals surface area (Å²) in [6.07, 6.45) is -5.37. The van der Waals surface area contributed by atoms with Gasteiger partial charge in [0.2, 0.25) is 0 Å². The number of aliphatic hydroxyl groups excluding tert-OH is 4. The van der Waals surface area contributed by atoms with Gasteiger partial charge in [-0.3, -0.25) is 0 Å². The number of ether oxygens (including phenoxy) is 3. The summed E-state index contributed by atoms with van der Waals surface area (Å²) in [7, 11) is 3.07. The Balaban J connectivity index is 2.18. The minimum atomic E-state index is -1.37. The molecule has 0 radical (unpaired) electrons. The Kier molecular flexibility index (Phi) is 5.60. The number of hydrogen-bond donors (Lipinski definition) is 4. The second-order valence-electron chi connectivity index (χ2n) is 5.29. The number of methoxy groups -OCH3 is 2. The minimum Gasteiger partial charge on any atom is -0.497 e. The predicted molar refractivity (Wildman–Crippen MR) is 77.0 cm³/mol. The fraction of sp³-hybridized carbons (Fsp3) is 0.600. The van der Waals surface area contributed by atoms with Crippen LogP contribution in [0.1, 0.15) is 5.56 Å². The highest BCUT2D eigenvalue weighted by Crippen LogP contribution is 2.27. The summed E-state index contributed by atoms with van der Waals surface area (Å²) in [4.78, 5) is 0. The Hall–Kier alpha value is -1.38. The van der Waals surface area contributed by atoms with Crippen molar-refractivity contribution in [2.75, 3.05) is 20.8 Å². The fourth-order valence-corrected chi connectivity index (χ4v) is 2.56. The fourth-order valence-electron chi connectivity index (χ4n) is 2.56. The van der Waals surface area contributed by atoms with Crippen molar-refractivity contribution in [1.82, 2.24) is 0 Å². The quantitative estimate of drug-likeness (QED) is 0.557. The minimum absolute atomic E-state index is 0.273. The molecule has 0 saturated carbocycles. The first-order chi connectivity index (χ1) is 10.5. The highest BCUT2D eigenvalue weighted by atomic mass is 16.5. The average Bonchev–Trinajstić information content (AvgIpc) is 2.54. The molecule has 0 aromatic heterocycles. The Labute approximate surface area is 128 Å². The summed E-state index contributed by atoms with van der Waals surface area (Å²) in [5.74, 6) is 1.19. The molecule has 0 spiro atoms. The molecule has 22 heavy (non-hydrogen) atoms. The lowest BCUT2D eigenvalue weighted by Crippen LogP contribution is -2.59. The monoisotopic (exact) mass is 314 g/mol. The van der Waals surface area contributed by atoms with E-state index in [0.29, 0.717) is 11.5 Å². The molecule has 5 unspecified atom stereocenters. The molecular formula is C15H22O7. The third-order valence-electron chi connectivity index (χ3n) is 3.84. The van der Waals surface area contributed by atoms with E-state index in [-0.39, 0.29) is 6.42 Å². The van der Waals surface area contributed by atoms with Crippen LogP contribution in [0.2, 0.25) is 0 Å². The standard InChI is InChI=1S/C15H22O7/c1-20-9-3-8(4-10(6-9)21-2)5-11-13(17)15(19)14(18)12(7-16)22-11/h3-4,6,11-19H,5,7H2,1-2H3. The van der Waals surface area contributed by atoms with Crippen LogP contribution in [-0.4, -0.2) is 71.8 Å². The summed E-state index contributed by atoms with van der Waals surface area (Å²) in [6.45, 7) is -0.442. The van der Waals surface area contributed by atoms with Crippen molar-refractivity contribution in [3.8, 4) is 11.5 Å². The van der Waals surface area contributed by atoms with Crippen LogP contribution in [0.15, 0.2) is 18.2 Å². The molecule has 1 aromatic rings. The first-order valence-electron chi connectivity index (χ1n) is 7.02. The molecule has 4 N–H and O–H groups in total. The molecule has 1 aromatic carbocycles. The van der Waals surface area contributed by atoms with Crippen LogP contribution in [0, 0.1) is 0 Å². The van der Waals surface area contributed by atoms with Crippen molar-refractivity contribution in [3.63, 3.8) is 0 Å². The van der Waals surface area contributed by atoms with Gasteiger partial charge in [0.1, 0.15) is 35.9 Å². The van der Waals surface area contributed by atoms with Crippen molar-refractivity contribution in [1.29, 1.82) is 0 Å². The molecule has 7 nitrogen and oxygen atoms in total. The van der Waals surface area contributed by atoms with Gasteiger partial charge in [0, 0.05) is 12.5 Å². The van der Waals surface area contributed by atoms with E-state index in [0.717, 1.165) is 5.56 Å². The largest absolute Gasteiger partial charge is 0.497 e. The van der Waals surface area contributed by atoms with Gasteiger partial charge in [-0.05, 0) is 17.7 Å². The first kappa shape index (κ1) is 17.0. The molecule has 0 bridgehead atoms. The van der Waals surface area contributed by atoms with Crippen molar-refractivity contribution < 1.29 is 34.6 Å². The number of benzene rings is 1. The third kappa shape index (κ3) is 3.50. The SMILES string of the molecule is COc1cc(CC2OC(CO)C(O)C(O)C2O)cc(OC)c1. The van der Waals surface area contributed by atoms with Crippen LogP contribution in [-0.2, 0) is 11.2 Å². The van der Waals surface area contributed by atoms with Gasteiger partial charge in [-0.25, -0.2) is 0 Å². The molecule has 1 aliphatic heterocycles. The van der Waals surface area contributed by atoms with Gasteiger partial charge >= 0.3 is 0 Å². The van der Waals surface area contributed by atoms with E-state index in [1.807, 2.05) is 0 Å². The third-order valence-corrected chi connectivity index (χ3v) is 3.84. The normalized spacial score (nSPS) is 31.8. The molecule has 0 aliphatic carbocycles. The number of aliphatic hydroxyl groups is 4. The first-order valence-corrected chi connectivity index (χ1v) is 7.02. The molecule has 1 aliphatic rings. The highest BCUT2D eigenvalue weighted by molar-refractivity contribution is 5.38. The molecular weight excluding hydrogens is 292 g/mol. The molecule has 0 amide bonds. The predicted octanol–water partition coefficient (Wildman–Crippen LogP) is -0.911. The molecule has 1 saturated heterocycles. The zero-order chi connectivity index (χ0) is 16.3. The van der Waals surface area contributed by atoms with E-state index in [1.165, 1.54) is 14.2 Å². The lowest BCUT2D eigenvalue weighted by Gasteiger charge is -2.40. The van der Waals surface area contributed by atoms with Crippen LogP contribution in [0.3, 0.4) is 0 Å². The second-order valence-corrected chi connectivity index (χ2v) is 5.29. The zero-order valence-electron chi connectivity index (χ0n) is 12.5. The maximum absolute atomic E-state index is 10.1. The van der Waals surface area contributed by atoms with Crippen molar-refractivity contribution in [3.05, 3.63) is 23.8 Å². The van der Waals surface area contributed by atoms with Crippen molar-refractivity contribution in [2.24, 2.45) is 0 Å². The zero-order valence-corrected chi connectivity index (χ0v) is 12.5. The van der Waals surface area contributed by atoms with Gasteiger partial charge in [0.15, 0.2) is 0 Å². The van der Waals surface area contributed by atoms with E-state index >= 15 is 0 Å². The summed E-state index contributed by atoms with van der Waals surface area (Å²) in [5, 5.41) is 38.8. The highest BCUT2D eigenvalue weighted by Gasteiger charge is 2.43. The average molecular weight is 314 g/mol. The smallest absolute Gasteiger partial charge is 0.122 e. The van der Waals surface area contributed by atoms with Gasteiger partial charge < -0.3 is 34.6 Å². The van der Waals surface area contributed by atoms with Gasteiger partial charge in [-0.15, -0.1) is 0 Å². The van der Waals surface area contributed by atoms with Crippen LogP contribution >= 0.6 is 0 Å². The van der Waals surface area contributed by atoms with E-state index in [4.69, 9.17) is 14.2 Å². The molecule has 7 heteroatoms. The van der Waals surface area contributed by atoms with E-state index in [2.05, 4.69) is 0 Å². The Bertz CT molecular complexity index is 469. The molecule has 5 atom stereocenters. The molecule has 1 heterocycles. The maximum Gasteiger partial charge on any atom is 0.122 e. The topological polar surface area (TPSA) is 109 Å².